The van der Waals surface area contributed by atoms with Crippen LogP contribution in [0.5, 0.6) is 0 Å². The van der Waals surface area contributed by atoms with Crippen molar-refractivity contribution in [3.05, 3.63) is 23.3 Å². The molecule has 0 aliphatic rings. The lowest BCUT2D eigenvalue weighted by Gasteiger charge is -2.01. The van der Waals surface area contributed by atoms with Crippen LogP contribution in [0.4, 0.5) is 5.13 Å². The molecule has 5 heteroatoms. The number of alkyl halides is 1. The van der Waals surface area contributed by atoms with Crippen molar-refractivity contribution in [3.63, 3.8) is 0 Å². The van der Waals surface area contributed by atoms with E-state index >= 15 is 0 Å². The molecule has 0 bridgehead atoms. The zero-order valence-electron chi connectivity index (χ0n) is 9.87. The molecule has 0 aliphatic carbocycles. The first-order valence-corrected chi connectivity index (χ1v) is 6.55. The van der Waals surface area contributed by atoms with E-state index in [1.807, 2.05) is 13.0 Å². The quantitative estimate of drug-likeness (QED) is 0.848. The van der Waals surface area contributed by atoms with Crippen LogP contribution in [0.25, 0.3) is 10.2 Å². The highest BCUT2D eigenvalue weighted by Gasteiger charge is 2.12. The van der Waals surface area contributed by atoms with E-state index in [1.54, 1.807) is 6.92 Å². The van der Waals surface area contributed by atoms with Crippen molar-refractivity contribution in [1.82, 2.24) is 4.98 Å². The van der Waals surface area contributed by atoms with Gasteiger partial charge in [0.25, 0.3) is 0 Å². The zero-order chi connectivity index (χ0) is 12.6. The van der Waals surface area contributed by atoms with Gasteiger partial charge in [-0.05, 0) is 44.0 Å². The third kappa shape index (κ3) is 2.58. The molecule has 1 atom stereocenters. The summed E-state index contributed by atoms with van der Waals surface area (Å²) in [5.41, 5.74) is 3.34. The summed E-state index contributed by atoms with van der Waals surface area (Å²) in [6.07, 6.45) is 0. The van der Waals surface area contributed by atoms with Gasteiger partial charge in [-0.3, -0.25) is 4.79 Å². The Labute approximate surface area is 109 Å². The van der Waals surface area contributed by atoms with Gasteiger partial charge in [-0.15, -0.1) is 11.6 Å². The number of thiazole rings is 1. The first-order valence-electron chi connectivity index (χ1n) is 5.30. The first kappa shape index (κ1) is 12.3. The summed E-state index contributed by atoms with van der Waals surface area (Å²) in [5, 5.41) is 2.76. The van der Waals surface area contributed by atoms with Gasteiger partial charge >= 0.3 is 0 Å². The van der Waals surface area contributed by atoms with Crippen LogP contribution in [0, 0.1) is 13.8 Å². The number of rotatable bonds is 2. The third-order valence-electron chi connectivity index (χ3n) is 2.60. The maximum absolute atomic E-state index is 11.4. The van der Waals surface area contributed by atoms with Gasteiger partial charge in [0.15, 0.2) is 5.13 Å². The Hall–Kier alpha value is -1.13. The number of nitrogens with zero attached hydrogens (tertiary/aromatic N) is 1. The van der Waals surface area contributed by atoms with Crippen molar-refractivity contribution < 1.29 is 4.79 Å². The molecular weight excluding hydrogens is 256 g/mol. The predicted molar refractivity (Wildman–Crippen MR) is 73.0 cm³/mol. The number of anilines is 1. The molecule has 0 aliphatic heterocycles. The summed E-state index contributed by atoms with van der Waals surface area (Å²) >= 11 is 7.16. The minimum atomic E-state index is -0.550. The molecule has 17 heavy (non-hydrogen) atoms. The topological polar surface area (TPSA) is 42.0 Å². The Morgan fingerprint density at radius 3 is 2.71 bits per heavy atom. The van der Waals surface area contributed by atoms with E-state index in [4.69, 9.17) is 11.6 Å². The molecule has 0 radical (unpaired) electrons. The molecule has 0 fully saturated rings. The molecule has 1 amide bonds. The van der Waals surface area contributed by atoms with E-state index in [1.165, 1.54) is 22.5 Å². The van der Waals surface area contributed by atoms with Gasteiger partial charge in [0.1, 0.15) is 5.38 Å². The Kier molecular flexibility index (Phi) is 3.35. The maximum Gasteiger partial charge on any atom is 0.243 e. The standard InChI is InChI=1S/C12H13ClN2OS/c1-6-4-9-10(5-7(6)2)17-12(14-9)15-11(16)8(3)13/h4-5,8H,1-3H3,(H,14,15,16)/t8-/m0/s1. The van der Waals surface area contributed by atoms with Gasteiger partial charge < -0.3 is 5.32 Å². The monoisotopic (exact) mass is 268 g/mol. The second kappa shape index (κ2) is 4.63. The van der Waals surface area contributed by atoms with E-state index in [9.17, 15) is 4.79 Å². The SMILES string of the molecule is Cc1cc2nc(NC(=O)[C@H](C)Cl)sc2cc1C. The summed E-state index contributed by atoms with van der Waals surface area (Å²) < 4.78 is 1.07. The molecule has 3 nitrogen and oxygen atoms in total. The fraction of sp³-hybridized carbons (Fsp3) is 0.333. The van der Waals surface area contributed by atoms with Crippen molar-refractivity contribution >= 4 is 44.2 Å². The van der Waals surface area contributed by atoms with E-state index in [0.29, 0.717) is 5.13 Å². The van der Waals surface area contributed by atoms with Crippen molar-refractivity contribution in [1.29, 1.82) is 0 Å². The van der Waals surface area contributed by atoms with Gasteiger partial charge in [0, 0.05) is 0 Å². The molecule has 1 aromatic heterocycles. The number of aryl methyl sites for hydroxylation is 2. The Balaban J connectivity index is 2.35. The fourth-order valence-corrected chi connectivity index (χ4v) is 2.44. The summed E-state index contributed by atoms with van der Waals surface area (Å²) in [5.74, 6) is -0.223. The maximum atomic E-state index is 11.4. The third-order valence-corrected chi connectivity index (χ3v) is 3.73. The van der Waals surface area contributed by atoms with E-state index in [0.717, 1.165) is 10.2 Å². The van der Waals surface area contributed by atoms with Crippen LogP contribution in [0.15, 0.2) is 12.1 Å². The van der Waals surface area contributed by atoms with E-state index < -0.39 is 5.38 Å². The van der Waals surface area contributed by atoms with Crippen LogP contribution in [0.1, 0.15) is 18.1 Å². The van der Waals surface area contributed by atoms with Crippen LogP contribution in [-0.4, -0.2) is 16.3 Å². The normalized spacial score (nSPS) is 12.7. The predicted octanol–water partition coefficient (Wildman–Crippen LogP) is 3.48. The molecular formula is C12H13ClN2OS. The molecule has 2 aromatic rings. The van der Waals surface area contributed by atoms with Gasteiger partial charge in [-0.1, -0.05) is 11.3 Å². The van der Waals surface area contributed by atoms with Crippen molar-refractivity contribution in [2.75, 3.05) is 5.32 Å². The average Bonchev–Trinajstić information content (AvgIpc) is 2.60. The number of carbonyl (C=O) groups is 1. The highest BCUT2D eigenvalue weighted by molar-refractivity contribution is 7.22. The number of fused-ring (bicyclic) bond motifs is 1. The van der Waals surface area contributed by atoms with Crippen LogP contribution >= 0.6 is 22.9 Å². The molecule has 1 heterocycles. The molecule has 1 aromatic carbocycles. The lowest BCUT2D eigenvalue weighted by atomic mass is 10.1. The largest absolute Gasteiger partial charge is 0.301 e. The molecule has 0 saturated heterocycles. The minimum absolute atomic E-state index is 0.223. The van der Waals surface area contributed by atoms with Crippen LogP contribution < -0.4 is 5.32 Å². The molecule has 0 saturated carbocycles. The minimum Gasteiger partial charge on any atom is -0.301 e. The van der Waals surface area contributed by atoms with Gasteiger partial charge in [0.2, 0.25) is 5.91 Å². The smallest absolute Gasteiger partial charge is 0.243 e. The van der Waals surface area contributed by atoms with Crippen molar-refractivity contribution in [2.45, 2.75) is 26.1 Å². The fourth-order valence-electron chi connectivity index (χ4n) is 1.44. The summed E-state index contributed by atoms with van der Waals surface area (Å²) in [6.45, 7) is 5.75. The van der Waals surface area contributed by atoms with Crippen LogP contribution in [-0.2, 0) is 4.79 Å². The van der Waals surface area contributed by atoms with Crippen molar-refractivity contribution in [3.8, 4) is 0 Å². The molecule has 0 spiro atoms. The highest BCUT2D eigenvalue weighted by atomic mass is 35.5. The molecule has 2 rings (SSSR count). The number of benzene rings is 1. The number of nitrogens with one attached hydrogen (secondary N) is 1. The number of hydrogen-bond donors (Lipinski definition) is 1. The van der Waals surface area contributed by atoms with E-state index in [2.05, 4.69) is 23.3 Å². The van der Waals surface area contributed by atoms with Gasteiger partial charge in [-0.25, -0.2) is 4.98 Å². The molecule has 0 unspecified atom stereocenters. The zero-order valence-corrected chi connectivity index (χ0v) is 11.4. The Bertz CT molecular complexity index is 538. The second-order valence-corrected chi connectivity index (χ2v) is 5.71. The second-order valence-electron chi connectivity index (χ2n) is 4.03. The number of halogens is 1. The number of hydrogen-bond acceptors (Lipinski definition) is 3. The number of amides is 1. The lowest BCUT2D eigenvalue weighted by molar-refractivity contribution is -0.115. The van der Waals surface area contributed by atoms with E-state index in [-0.39, 0.29) is 5.91 Å². The van der Waals surface area contributed by atoms with Crippen molar-refractivity contribution in [2.24, 2.45) is 0 Å². The summed E-state index contributed by atoms with van der Waals surface area (Å²) in [6, 6.07) is 4.11. The Morgan fingerprint density at radius 2 is 2.06 bits per heavy atom. The number of aromatic nitrogens is 1. The summed E-state index contributed by atoms with van der Waals surface area (Å²) in [7, 11) is 0. The number of carbonyl (C=O) groups excluding carboxylic acids is 1. The Morgan fingerprint density at radius 1 is 1.41 bits per heavy atom. The highest BCUT2D eigenvalue weighted by Crippen LogP contribution is 2.28. The average molecular weight is 269 g/mol. The first-order chi connectivity index (χ1) is 7.97. The van der Waals surface area contributed by atoms with Gasteiger partial charge in [-0.2, -0.15) is 0 Å². The lowest BCUT2D eigenvalue weighted by Crippen LogP contribution is -2.19. The van der Waals surface area contributed by atoms with Gasteiger partial charge in [0.05, 0.1) is 10.2 Å². The summed E-state index contributed by atoms with van der Waals surface area (Å²) in [4.78, 5) is 15.8. The van der Waals surface area contributed by atoms with Crippen LogP contribution in [0.2, 0.25) is 0 Å². The molecule has 1 N–H and O–H groups in total. The molecule has 90 valence electrons. The van der Waals surface area contributed by atoms with Crippen LogP contribution in [0.3, 0.4) is 0 Å².